The highest BCUT2D eigenvalue weighted by atomic mass is 32.1. The van der Waals surface area contributed by atoms with Crippen molar-refractivity contribution in [1.29, 1.82) is 0 Å². The van der Waals surface area contributed by atoms with Crippen LogP contribution in [0.1, 0.15) is 47.5 Å². The maximum Gasteiger partial charge on any atom is 0.191 e. The third kappa shape index (κ3) is 6.77. The smallest absolute Gasteiger partial charge is 0.191 e. The van der Waals surface area contributed by atoms with Gasteiger partial charge in [0.1, 0.15) is 0 Å². The second-order valence-electron chi connectivity index (χ2n) is 6.47. The van der Waals surface area contributed by atoms with Gasteiger partial charge in [-0.15, -0.1) is 11.3 Å². The lowest BCUT2D eigenvalue weighted by Crippen LogP contribution is -2.36. The van der Waals surface area contributed by atoms with E-state index >= 15 is 0 Å². The second kappa shape index (κ2) is 10.3. The van der Waals surface area contributed by atoms with Crippen molar-refractivity contribution in [2.75, 3.05) is 6.54 Å². The number of hydrogen-bond acceptors (Lipinski definition) is 4. The Kier molecular flexibility index (Phi) is 8.06. The van der Waals surface area contributed by atoms with Gasteiger partial charge < -0.3 is 15.4 Å². The number of nitrogens with zero attached hydrogens (tertiary/aromatic N) is 2. The van der Waals surface area contributed by atoms with E-state index in [4.69, 9.17) is 4.74 Å². The largest absolute Gasteiger partial charge is 0.374 e. The number of aryl methyl sites for hydroxylation is 2. The molecule has 0 bridgehead atoms. The Morgan fingerprint density at radius 1 is 1.15 bits per heavy atom. The van der Waals surface area contributed by atoms with Crippen molar-refractivity contribution in [3.63, 3.8) is 0 Å². The molecule has 0 fully saturated rings. The van der Waals surface area contributed by atoms with Gasteiger partial charge in [0.15, 0.2) is 5.96 Å². The number of thiazole rings is 1. The molecule has 0 spiro atoms. The topological polar surface area (TPSA) is 58.5 Å². The third-order valence-corrected chi connectivity index (χ3v) is 4.86. The average molecular weight is 375 g/mol. The average Bonchev–Trinajstić information content (AvgIpc) is 2.94. The van der Waals surface area contributed by atoms with Crippen molar-refractivity contribution in [3.8, 4) is 0 Å². The van der Waals surface area contributed by atoms with E-state index in [9.17, 15) is 0 Å². The van der Waals surface area contributed by atoms with Crippen LogP contribution in [0.5, 0.6) is 0 Å². The lowest BCUT2D eigenvalue weighted by atomic mass is 10.1. The first-order chi connectivity index (χ1) is 12.5. The van der Waals surface area contributed by atoms with E-state index in [1.165, 1.54) is 16.0 Å². The summed E-state index contributed by atoms with van der Waals surface area (Å²) in [6.07, 6.45) is 0.249. The molecule has 1 heterocycles. The normalized spacial score (nSPS) is 11.8. The van der Waals surface area contributed by atoms with Crippen LogP contribution in [-0.4, -0.2) is 23.6 Å². The van der Waals surface area contributed by atoms with E-state index in [1.54, 1.807) is 11.3 Å². The molecule has 0 saturated heterocycles. The number of rotatable bonds is 8. The summed E-state index contributed by atoms with van der Waals surface area (Å²) in [5.74, 6) is 0.824. The fraction of sp³-hybridized carbons (Fsp3) is 0.500. The van der Waals surface area contributed by atoms with Gasteiger partial charge in [0.25, 0.3) is 0 Å². The highest BCUT2D eigenvalue weighted by molar-refractivity contribution is 7.11. The van der Waals surface area contributed by atoms with Gasteiger partial charge in [0.2, 0.25) is 0 Å². The number of hydrogen-bond donors (Lipinski definition) is 2. The Morgan fingerprint density at radius 3 is 2.42 bits per heavy atom. The van der Waals surface area contributed by atoms with Crippen molar-refractivity contribution in [3.05, 3.63) is 51.0 Å². The number of benzene rings is 1. The monoisotopic (exact) mass is 374 g/mol. The maximum absolute atomic E-state index is 5.63. The van der Waals surface area contributed by atoms with Crippen LogP contribution in [0.15, 0.2) is 29.3 Å². The molecule has 2 aromatic rings. The Morgan fingerprint density at radius 2 is 1.85 bits per heavy atom. The fourth-order valence-corrected chi connectivity index (χ4v) is 3.29. The fourth-order valence-electron chi connectivity index (χ4n) is 2.42. The van der Waals surface area contributed by atoms with Gasteiger partial charge in [-0.2, -0.15) is 0 Å². The molecule has 0 radical (unpaired) electrons. The summed E-state index contributed by atoms with van der Waals surface area (Å²) >= 11 is 1.73. The molecule has 0 unspecified atom stereocenters. The van der Waals surface area contributed by atoms with Crippen LogP contribution in [0.25, 0.3) is 0 Å². The summed E-state index contributed by atoms with van der Waals surface area (Å²) in [5, 5.41) is 7.79. The zero-order valence-electron chi connectivity index (χ0n) is 16.4. The molecule has 142 valence electrons. The molecule has 0 atom stereocenters. The SMILES string of the molecule is CCNC(=NCc1ccc(COC(C)C)cc1)NCc1sc(C)nc1C. The van der Waals surface area contributed by atoms with Crippen molar-refractivity contribution in [2.45, 2.75) is 60.4 Å². The molecule has 2 rings (SSSR count). The van der Waals surface area contributed by atoms with Crippen LogP contribution < -0.4 is 10.6 Å². The zero-order chi connectivity index (χ0) is 18.9. The molecule has 26 heavy (non-hydrogen) atoms. The Bertz CT molecular complexity index is 707. The van der Waals surface area contributed by atoms with Crippen molar-refractivity contribution < 1.29 is 4.74 Å². The molecule has 1 aromatic carbocycles. The zero-order valence-corrected chi connectivity index (χ0v) is 17.2. The molecule has 0 amide bonds. The summed E-state index contributed by atoms with van der Waals surface area (Å²) in [4.78, 5) is 10.4. The van der Waals surface area contributed by atoms with Gasteiger partial charge in [0, 0.05) is 11.4 Å². The molecule has 0 aliphatic rings. The van der Waals surface area contributed by atoms with Gasteiger partial charge >= 0.3 is 0 Å². The molecule has 2 N–H and O–H groups in total. The van der Waals surface area contributed by atoms with Gasteiger partial charge in [-0.3, -0.25) is 0 Å². The van der Waals surface area contributed by atoms with Crippen LogP contribution in [0.2, 0.25) is 0 Å². The van der Waals surface area contributed by atoms with Crippen LogP contribution in [-0.2, 0) is 24.4 Å². The Labute approximate surface area is 160 Å². The minimum Gasteiger partial charge on any atom is -0.374 e. The molecule has 5 nitrogen and oxygen atoms in total. The quantitative estimate of drug-likeness (QED) is 0.543. The first-order valence-corrected chi connectivity index (χ1v) is 9.94. The summed E-state index contributed by atoms with van der Waals surface area (Å²) in [7, 11) is 0. The first-order valence-electron chi connectivity index (χ1n) is 9.12. The predicted molar refractivity (Wildman–Crippen MR) is 110 cm³/mol. The first kappa shape index (κ1) is 20.4. The minimum absolute atomic E-state index is 0.249. The van der Waals surface area contributed by atoms with Gasteiger partial charge in [-0.1, -0.05) is 24.3 Å². The third-order valence-electron chi connectivity index (χ3n) is 3.79. The van der Waals surface area contributed by atoms with Crippen LogP contribution in [0, 0.1) is 13.8 Å². The van der Waals surface area contributed by atoms with E-state index in [1.807, 2.05) is 20.8 Å². The van der Waals surface area contributed by atoms with E-state index in [-0.39, 0.29) is 6.10 Å². The number of ether oxygens (including phenoxy) is 1. The second-order valence-corrected chi connectivity index (χ2v) is 7.75. The van der Waals surface area contributed by atoms with Crippen molar-refractivity contribution in [2.24, 2.45) is 4.99 Å². The van der Waals surface area contributed by atoms with E-state index in [0.29, 0.717) is 13.2 Å². The van der Waals surface area contributed by atoms with Crippen molar-refractivity contribution in [1.82, 2.24) is 15.6 Å². The minimum atomic E-state index is 0.249. The van der Waals surface area contributed by atoms with E-state index in [2.05, 4.69) is 58.7 Å². The number of guanidine groups is 1. The van der Waals surface area contributed by atoms with E-state index in [0.717, 1.165) is 29.8 Å². The molecule has 0 aliphatic heterocycles. The number of aromatic nitrogens is 1. The molecule has 1 aromatic heterocycles. The summed E-state index contributed by atoms with van der Waals surface area (Å²) in [5.41, 5.74) is 3.46. The lowest BCUT2D eigenvalue weighted by Gasteiger charge is -2.11. The summed E-state index contributed by atoms with van der Waals surface area (Å²) in [6.45, 7) is 13.1. The van der Waals surface area contributed by atoms with E-state index < -0.39 is 0 Å². The molecule has 0 saturated carbocycles. The molecule has 0 aliphatic carbocycles. The highest BCUT2D eigenvalue weighted by Gasteiger charge is 2.06. The standard InChI is InChI=1S/C20H30N4OS/c1-6-21-20(23-12-19-15(4)24-16(5)26-19)22-11-17-7-9-18(10-8-17)13-25-14(2)3/h7-10,14H,6,11-13H2,1-5H3,(H2,21,22,23). The molecular weight excluding hydrogens is 344 g/mol. The highest BCUT2D eigenvalue weighted by Crippen LogP contribution is 2.16. The Hall–Kier alpha value is -1.92. The maximum atomic E-state index is 5.63. The number of aliphatic imine (C=N–C) groups is 1. The summed E-state index contributed by atoms with van der Waals surface area (Å²) < 4.78 is 5.63. The van der Waals surface area contributed by atoms with Crippen LogP contribution in [0.3, 0.4) is 0 Å². The van der Waals surface area contributed by atoms with Crippen LogP contribution in [0.4, 0.5) is 0 Å². The lowest BCUT2D eigenvalue weighted by molar-refractivity contribution is 0.0657. The summed E-state index contributed by atoms with van der Waals surface area (Å²) in [6, 6.07) is 8.44. The predicted octanol–water partition coefficient (Wildman–Crippen LogP) is 3.94. The van der Waals surface area contributed by atoms with Gasteiger partial charge in [-0.25, -0.2) is 9.98 Å². The number of nitrogens with one attached hydrogen (secondary N) is 2. The Balaban J connectivity index is 1.92. The van der Waals surface area contributed by atoms with Crippen LogP contribution >= 0.6 is 11.3 Å². The van der Waals surface area contributed by atoms with Gasteiger partial charge in [0.05, 0.1) is 36.5 Å². The molecule has 6 heteroatoms. The molecular formula is C20H30N4OS. The van der Waals surface area contributed by atoms with Crippen molar-refractivity contribution >= 4 is 17.3 Å². The van der Waals surface area contributed by atoms with Gasteiger partial charge in [-0.05, 0) is 45.7 Å².